The van der Waals surface area contributed by atoms with Gasteiger partial charge in [-0.25, -0.2) is 0 Å². The van der Waals surface area contributed by atoms with Gasteiger partial charge < -0.3 is 20.5 Å². The standard InChI is InChI=1S/C18H29N3O2/c1-4-8-18(9-10-18)13-21-17(19)20-11-7-14-5-6-15(22-2)16(12-14)23-3/h5-6,12H,4,7-11,13H2,1-3H3,(H3,19,20,21). The third kappa shape index (κ3) is 5.05. The first-order valence-corrected chi connectivity index (χ1v) is 8.37. The van der Waals surface area contributed by atoms with Gasteiger partial charge in [0.2, 0.25) is 0 Å². The maximum Gasteiger partial charge on any atom is 0.188 e. The zero-order valence-electron chi connectivity index (χ0n) is 14.5. The van der Waals surface area contributed by atoms with E-state index in [1.54, 1.807) is 14.2 Å². The molecule has 3 N–H and O–H groups in total. The predicted molar refractivity (Wildman–Crippen MR) is 94.3 cm³/mol. The van der Waals surface area contributed by atoms with Crippen molar-refractivity contribution in [3.8, 4) is 11.5 Å². The van der Waals surface area contributed by atoms with Crippen molar-refractivity contribution in [2.75, 3.05) is 27.3 Å². The number of methoxy groups -OCH3 is 2. The van der Waals surface area contributed by atoms with E-state index in [0.29, 0.717) is 11.4 Å². The minimum absolute atomic E-state index is 0.449. The summed E-state index contributed by atoms with van der Waals surface area (Å²) in [5.41, 5.74) is 7.59. The molecule has 1 aromatic rings. The molecule has 0 saturated heterocycles. The molecular weight excluding hydrogens is 290 g/mol. The number of ether oxygens (including phenoxy) is 2. The Bertz CT molecular complexity index is 539. The highest BCUT2D eigenvalue weighted by atomic mass is 16.5. The van der Waals surface area contributed by atoms with Gasteiger partial charge in [0.05, 0.1) is 14.2 Å². The second-order valence-corrected chi connectivity index (χ2v) is 6.32. The lowest BCUT2D eigenvalue weighted by Gasteiger charge is -2.12. The molecule has 0 bridgehead atoms. The van der Waals surface area contributed by atoms with Crippen molar-refractivity contribution in [3.05, 3.63) is 23.8 Å². The molecule has 1 aliphatic carbocycles. The van der Waals surface area contributed by atoms with E-state index in [9.17, 15) is 0 Å². The Morgan fingerprint density at radius 3 is 2.61 bits per heavy atom. The normalized spacial score (nSPS) is 16.0. The van der Waals surface area contributed by atoms with E-state index in [2.05, 4.69) is 17.2 Å². The van der Waals surface area contributed by atoms with Crippen LogP contribution in [-0.4, -0.2) is 33.3 Å². The second kappa shape index (κ2) is 8.09. The van der Waals surface area contributed by atoms with E-state index < -0.39 is 0 Å². The van der Waals surface area contributed by atoms with Gasteiger partial charge in [0, 0.05) is 13.1 Å². The summed E-state index contributed by atoms with van der Waals surface area (Å²) >= 11 is 0. The molecule has 1 aliphatic rings. The Morgan fingerprint density at radius 2 is 2.00 bits per heavy atom. The van der Waals surface area contributed by atoms with Crippen LogP contribution >= 0.6 is 0 Å². The maximum absolute atomic E-state index is 5.96. The zero-order chi connectivity index (χ0) is 16.7. The van der Waals surface area contributed by atoms with Crippen LogP contribution < -0.4 is 20.5 Å². The average molecular weight is 319 g/mol. The SMILES string of the molecule is CCCC1(CN=C(N)NCCc2ccc(OC)c(OC)c2)CC1. The van der Waals surface area contributed by atoms with Gasteiger partial charge in [-0.3, -0.25) is 4.99 Å². The Hall–Kier alpha value is -1.91. The second-order valence-electron chi connectivity index (χ2n) is 6.32. The third-order valence-corrected chi connectivity index (χ3v) is 4.49. The first-order chi connectivity index (χ1) is 11.1. The number of nitrogens with two attached hydrogens (primary N) is 1. The lowest BCUT2D eigenvalue weighted by Crippen LogP contribution is -2.33. The van der Waals surface area contributed by atoms with Crippen LogP contribution in [-0.2, 0) is 6.42 Å². The molecule has 23 heavy (non-hydrogen) atoms. The first-order valence-electron chi connectivity index (χ1n) is 8.37. The lowest BCUT2D eigenvalue weighted by molar-refractivity contribution is 0.354. The van der Waals surface area contributed by atoms with Gasteiger partial charge in [0.25, 0.3) is 0 Å². The van der Waals surface area contributed by atoms with Crippen molar-refractivity contribution in [1.29, 1.82) is 0 Å². The van der Waals surface area contributed by atoms with Crippen molar-refractivity contribution in [2.24, 2.45) is 16.1 Å². The highest BCUT2D eigenvalue weighted by Crippen LogP contribution is 2.49. The Balaban J connectivity index is 1.78. The molecule has 0 atom stereocenters. The molecule has 0 unspecified atom stereocenters. The molecule has 0 aromatic heterocycles. The molecule has 1 fully saturated rings. The summed E-state index contributed by atoms with van der Waals surface area (Å²) < 4.78 is 10.6. The number of hydrogen-bond acceptors (Lipinski definition) is 3. The van der Waals surface area contributed by atoms with E-state index in [0.717, 1.165) is 31.0 Å². The fourth-order valence-electron chi connectivity index (χ4n) is 2.87. The van der Waals surface area contributed by atoms with Gasteiger partial charge >= 0.3 is 0 Å². The lowest BCUT2D eigenvalue weighted by atomic mass is 10.0. The number of guanidine groups is 1. The van der Waals surface area contributed by atoms with E-state index in [-0.39, 0.29) is 0 Å². The number of nitrogens with zero attached hydrogens (tertiary/aromatic N) is 1. The minimum Gasteiger partial charge on any atom is -0.493 e. The highest BCUT2D eigenvalue weighted by molar-refractivity contribution is 5.77. The van der Waals surface area contributed by atoms with Crippen LogP contribution in [0.3, 0.4) is 0 Å². The molecule has 0 amide bonds. The fraction of sp³-hybridized carbons (Fsp3) is 0.611. The number of benzene rings is 1. The zero-order valence-corrected chi connectivity index (χ0v) is 14.5. The van der Waals surface area contributed by atoms with Crippen LogP contribution in [0.5, 0.6) is 11.5 Å². The largest absolute Gasteiger partial charge is 0.493 e. The van der Waals surface area contributed by atoms with Crippen LogP contribution in [0.4, 0.5) is 0 Å². The molecular formula is C18H29N3O2. The predicted octanol–water partition coefficient (Wildman–Crippen LogP) is 2.73. The van der Waals surface area contributed by atoms with Crippen molar-refractivity contribution in [1.82, 2.24) is 5.32 Å². The van der Waals surface area contributed by atoms with Gasteiger partial charge in [-0.2, -0.15) is 0 Å². The van der Waals surface area contributed by atoms with Gasteiger partial charge in [-0.15, -0.1) is 0 Å². The summed E-state index contributed by atoms with van der Waals surface area (Å²) in [6.07, 6.45) is 5.93. The van der Waals surface area contributed by atoms with Gasteiger partial charge in [-0.05, 0) is 48.8 Å². The van der Waals surface area contributed by atoms with Gasteiger partial charge in [0.15, 0.2) is 17.5 Å². The molecule has 1 saturated carbocycles. The fourth-order valence-corrected chi connectivity index (χ4v) is 2.87. The smallest absolute Gasteiger partial charge is 0.188 e. The summed E-state index contributed by atoms with van der Waals surface area (Å²) in [5, 5.41) is 3.20. The Kier molecular flexibility index (Phi) is 6.13. The summed E-state index contributed by atoms with van der Waals surface area (Å²) in [5.74, 6) is 2.05. The molecule has 2 rings (SSSR count). The quantitative estimate of drug-likeness (QED) is 0.542. The summed E-state index contributed by atoms with van der Waals surface area (Å²) in [7, 11) is 3.29. The van der Waals surface area contributed by atoms with Gasteiger partial charge in [-0.1, -0.05) is 19.4 Å². The summed E-state index contributed by atoms with van der Waals surface area (Å²) in [6.45, 7) is 3.84. The van der Waals surface area contributed by atoms with Gasteiger partial charge in [0.1, 0.15) is 0 Å². The summed E-state index contributed by atoms with van der Waals surface area (Å²) in [6, 6.07) is 5.96. The first kappa shape index (κ1) is 17.4. The monoisotopic (exact) mass is 319 g/mol. The van der Waals surface area contributed by atoms with Crippen molar-refractivity contribution in [3.63, 3.8) is 0 Å². The van der Waals surface area contributed by atoms with Crippen LogP contribution in [0.25, 0.3) is 0 Å². The molecule has 1 aromatic carbocycles. The molecule has 128 valence electrons. The molecule has 0 radical (unpaired) electrons. The molecule has 0 heterocycles. The number of nitrogens with one attached hydrogen (secondary N) is 1. The number of rotatable bonds is 9. The van der Waals surface area contributed by atoms with E-state index in [1.165, 1.54) is 31.2 Å². The minimum atomic E-state index is 0.449. The molecule has 0 spiro atoms. The van der Waals surface area contributed by atoms with E-state index in [1.807, 2.05) is 18.2 Å². The average Bonchev–Trinajstić information content (AvgIpc) is 3.33. The van der Waals surface area contributed by atoms with Crippen LogP contribution in [0.15, 0.2) is 23.2 Å². The maximum atomic E-state index is 5.96. The van der Waals surface area contributed by atoms with Crippen LogP contribution in [0, 0.1) is 5.41 Å². The number of aliphatic imine (C=N–C) groups is 1. The van der Waals surface area contributed by atoms with Crippen molar-refractivity contribution in [2.45, 2.75) is 39.0 Å². The highest BCUT2D eigenvalue weighted by Gasteiger charge is 2.41. The van der Waals surface area contributed by atoms with Crippen LogP contribution in [0.2, 0.25) is 0 Å². The van der Waals surface area contributed by atoms with E-state index in [4.69, 9.17) is 15.2 Å². The molecule has 5 nitrogen and oxygen atoms in total. The molecule has 0 aliphatic heterocycles. The number of hydrogen-bond donors (Lipinski definition) is 2. The van der Waals surface area contributed by atoms with E-state index >= 15 is 0 Å². The topological polar surface area (TPSA) is 68.9 Å². The van der Waals surface area contributed by atoms with Crippen molar-refractivity contribution >= 4 is 5.96 Å². The molecule has 5 heteroatoms. The Labute approximate surface area is 139 Å². The third-order valence-electron chi connectivity index (χ3n) is 4.49. The van der Waals surface area contributed by atoms with Crippen molar-refractivity contribution < 1.29 is 9.47 Å². The summed E-state index contributed by atoms with van der Waals surface area (Å²) in [4.78, 5) is 4.51. The Morgan fingerprint density at radius 1 is 1.26 bits per heavy atom. The van der Waals surface area contributed by atoms with Crippen LogP contribution in [0.1, 0.15) is 38.2 Å².